The van der Waals surface area contributed by atoms with Crippen LogP contribution in [0.5, 0.6) is 0 Å². The largest absolute Gasteiger partial charge is 0.288 e. The second-order valence-corrected chi connectivity index (χ2v) is 3.16. The molecule has 1 aliphatic rings. The molecule has 0 aromatic carbocycles. The van der Waals surface area contributed by atoms with E-state index < -0.39 is 22.7 Å². The molecule has 5 heteroatoms. The Balaban J connectivity index is 3.49. The van der Waals surface area contributed by atoms with Crippen LogP contribution < -0.4 is 0 Å². The third-order valence-electron chi connectivity index (χ3n) is 2.02. The minimum Gasteiger partial charge on any atom is -0.288 e. The van der Waals surface area contributed by atoms with Gasteiger partial charge in [-0.25, -0.2) is 0 Å². The molecule has 0 amide bonds. The topological polar surface area (TPSA) is 81.7 Å². The minimum atomic E-state index is -0.743. The third-order valence-corrected chi connectivity index (χ3v) is 2.42. The zero-order valence-corrected chi connectivity index (χ0v) is 8.55. The van der Waals surface area contributed by atoms with Crippen LogP contribution in [-0.4, -0.2) is 11.6 Å². The zero-order chi connectivity index (χ0) is 11.6. The second kappa shape index (κ2) is 4.08. The van der Waals surface area contributed by atoms with Crippen molar-refractivity contribution in [3.05, 3.63) is 21.8 Å². The van der Waals surface area contributed by atoms with Gasteiger partial charge in [-0.05, 0) is 6.42 Å². The van der Waals surface area contributed by atoms with Crippen LogP contribution >= 0.6 is 11.6 Å². The molecule has 15 heavy (non-hydrogen) atoms. The molecule has 0 bridgehead atoms. The molecule has 0 aromatic rings. The normalized spacial score (nSPS) is 16.5. The van der Waals surface area contributed by atoms with Crippen molar-refractivity contribution >= 4 is 23.2 Å². The predicted octanol–water partition coefficient (Wildman–Crippen LogP) is 1.38. The Morgan fingerprint density at radius 2 is 1.60 bits per heavy atom. The molecule has 0 spiro atoms. The van der Waals surface area contributed by atoms with E-state index in [4.69, 9.17) is 22.1 Å². The second-order valence-electron chi connectivity index (χ2n) is 2.78. The quantitative estimate of drug-likeness (QED) is 0.625. The van der Waals surface area contributed by atoms with E-state index in [0.717, 1.165) is 0 Å². The molecule has 0 saturated heterocycles. The van der Waals surface area contributed by atoms with Gasteiger partial charge in [-0.3, -0.25) is 9.59 Å². The van der Waals surface area contributed by atoms with Crippen molar-refractivity contribution in [1.29, 1.82) is 10.5 Å². The van der Waals surface area contributed by atoms with Gasteiger partial charge in [0.05, 0.1) is 5.03 Å². The van der Waals surface area contributed by atoms with Crippen LogP contribution in [0.4, 0.5) is 0 Å². The molecular formula is C10H5ClN2O2. The van der Waals surface area contributed by atoms with Crippen molar-refractivity contribution in [2.75, 3.05) is 0 Å². The molecule has 0 aromatic heterocycles. The van der Waals surface area contributed by atoms with Crippen LogP contribution in [0, 0.1) is 22.7 Å². The van der Waals surface area contributed by atoms with Crippen LogP contribution in [0.15, 0.2) is 21.8 Å². The molecule has 0 radical (unpaired) electrons. The fourth-order valence-corrected chi connectivity index (χ4v) is 1.57. The summed E-state index contributed by atoms with van der Waals surface area (Å²) in [6, 6.07) is 3.09. The maximum absolute atomic E-state index is 11.6. The average Bonchev–Trinajstić information content (AvgIpc) is 2.23. The van der Waals surface area contributed by atoms with Crippen LogP contribution in [0.25, 0.3) is 0 Å². The van der Waals surface area contributed by atoms with Gasteiger partial charge in [0.1, 0.15) is 23.3 Å². The summed E-state index contributed by atoms with van der Waals surface area (Å²) >= 11 is 5.64. The van der Waals surface area contributed by atoms with Crippen LogP contribution in [0.2, 0.25) is 0 Å². The molecule has 74 valence electrons. The van der Waals surface area contributed by atoms with E-state index in [9.17, 15) is 9.59 Å². The molecule has 1 rings (SSSR count). The smallest absolute Gasteiger partial charge is 0.216 e. The molecular weight excluding hydrogens is 216 g/mol. The number of hydrogen-bond acceptors (Lipinski definition) is 4. The maximum atomic E-state index is 11.6. The average molecular weight is 221 g/mol. The Hall–Kier alpha value is -1.91. The van der Waals surface area contributed by atoms with E-state index in [1.165, 1.54) is 6.07 Å². The van der Waals surface area contributed by atoms with Crippen molar-refractivity contribution in [1.82, 2.24) is 0 Å². The van der Waals surface area contributed by atoms with Gasteiger partial charge in [-0.15, -0.1) is 0 Å². The molecule has 0 aliphatic heterocycles. The highest BCUT2D eigenvalue weighted by molar-refractivity contribution is 6.50. The minimum absolute atomic E-state index is 0.0946. The number of rotatable bonds is 1. The number of nitriles is 2. The molecule has 0 N–H and O–H groups in total. The molecule has 1 aliphatic carbocycles. The van der Waals surface area contributed by atoms with Crippen LogP contribution in [-0.2, 0) is 9.59 Å². The Labute approximate surface area is 91.1 Å². The third kappa shape index (κ3) is 1.56. The zero-order valence-electron chi connectivity index (χ0n) is 7.80. The Kier molecular flexibility index (Phi) is 3.04. The van der Waals surface area contributed by atoms with E-state index in [-0.39, 0.29) is 17.0 Å². The van der Waals surface area contributed by atoms with Crippen molar-refractivity contribution in [2.24, 2.45) is 0 Å². The number of carbonyl (C=O) groups excluding carboxylic acids is 2. The number of hydrogen-bond donors (Lipinski definition) is 0. The molecule has 0 unspecified atom stereocenters. The summed E-state index contributed by atoms with van der Waals surface area (Å²) in [4.78, 5) is 23.1. The van der Waals surface area contributed by atoms with E-state index in [2.05, 4.69) is 0 Å². The van der Waals surface area contributed by atoms with Crippen LogP contribution in [0.1, 0.15) is 13.3 Å². The van der Waals surface area contributed by atoms with Gasteiger partial charge in [0, 0.05) is 5.57 Å². The van der Waals surface area contributed by atoms with Gasteiger partial charge in [0.2, 0.25) is 11.6 Å². The lowest BCUT2D eigenvalue weighted by atomic mass is 9.89. The number of allylic oxidation sites excluding steroid dienone is 4. The van der Waals surface area contributed by atoms with Crippen molar-refractivity contribution in [3.63, 3.8) is 0 Å². The summed E-state index contributed by atoms with van der Waals surface area (Å²) in [5.74, 6) is -1.37. The molecule has 4 nitrogen and oxygen atoms in total. The molecule has 0 saturated carbocycles. The van der Waals surface area contributed by atoms with E-state index in [0.29, 0.717) is 0 Å². The highest BCUT2D eigenvalue weighted by Crippen LogP contribution is 2.28. The first-order chi connectivity index (χ1) is 7.08. The first-order valence-corrected chi connectivity index (χ1v) is 4.48. The number of halogens is 1. The summed E-state index contributed by atoms with van der Waals surface area (Å²) in [6.07, 6.45) is 0.257. The standard InChI is InChI=1S/C10H5ClN2O2/c1-2-5-8(11)10(15)7(4-13)6(3-12)9(5)14/h2H2,1H3. The van der Waals surface area contributed by atoms with Crippen molar-refractivity contribution in [2.45, 2.75) is 13.3 Å². The van der Waals surface area contributed by atoms with Crippen molar-refractivity contribution < 1.29 is 9.59 Å². The SMILES string of the molecule is CCC1=C(Cl)C(=O)C(C#N)=C(C#N)C1=O. The lowest BCUT2D eigenvalue weighted by molar-refractivity contribution is -0.115. The lowest BCUT2D eigenvalue weighted by Gasteiger charge is -2.12. The summed E-state index contributed by atoms with van der Waals surface area (Å²) < 4.78 is 0. The number of carbonyl (C=O) groups is 2. The monoisotopic (exact) mass is 220 g/mol. The fraction of sp³-hybridized carbons (Fsp3) is 0.200. The first kappa shape index (κ1) is 11.2. The van der Waals surface area contributed by atoms with Gasteiger partial charge in [0.25, 0.3) is 0 Å². The van der Waals surface area contributed by atoms with Crippen LogP contribution in [0.3, 0.4) is 0 Å². The van der Waals surface area contributed by atoms with E-state index in [1.807, 2.05) is 0 Å². The number of Topliss-reactive ketones (excluding diaryl/α,β-unsaturated/α-hetero) is 2. The summed E-state index contributed by atoms with van der Waals surface area (Å²) in [7, 11) is 0. The fourth-order valence-electron chi connectivity index (χ4n) is 1.25. The van der Waals surface area contributed by atoms with Crippen molar-refractivity contribution in [3.8, 4) is 12.1 Å². The maximum Gasteiger partial charge on any atom is 0.216 e. The summed E-state index contributed by atoms with van der Waals surface area (Å²) in [6.45, 7) is 1.65. The molecule has 0 fully saturated rings. The van der Waals surface area contributed by atoms with Gasteiger partial charge in [-0.1, -0.05) is 18.5 Å². The van der Waals surface area contributed by atoms with E-state index >= 15 is 0 Å². The Bertz CT molecular complexity index is 500. The van der Waals surface area contributed by atoms with Gasteiger partial charge >= 0.3 is 0 Å². The highest BCUT2D eigenvalue weighted by atomic mass is 35.5. The Morgan fingerprint density at radius 1 is 1.13 bits per heavy atom. The lowest BCUT2D eigenvalue weighted by Crippen LogP contribution is -2.20. The van der Waals surface area contributed by atoms with E-state index in [1.54, 1.807) is 13.0 Å². The first-order valence-electron chi connectivity index (χ1n) is 4.11. The Morgan fingerprint density at radius 3 is 2.00 bits per heavy atom. The summed E-state index contributed by atoms with van der Waals surface area (Å²) in [5.41, 5.74) is -0.786. The highest BCUT2D eigenvalue weighted by Gasteiger charge is 2.33. The number of nitrogens with zero attached hydrogens (tertiary/aromatic N) is 2. The van der Waals surface area contributed by atoms with Gasteiger partial charge in [0.15, 0.2) is 0 Å². The van der Waals surface area contributed by atoms with Gasteiger partial charge in [-0.2, -0.15) is 10.5 Å². The molecule has 0 atom stereocenters. The summed E-state index contributed by atoms with van der Waals surface area (Å²) in [5, 5.41) is 17.1. The van der Waals surface area contributed by atoms with Gasteiger partial charge < -0.3 is 0 Å². The molecule has 0 heterocycles. The predicted molar refractivity (Wildman–Crippen MR) is 51.4 cm³/mol. The number of ketones is 2.